The zero-order valence-corrected chi connectivity index (χ0v) is 16.3. The molecule has 2 saturated heterocycles. The van der Waals surface area contributed by atoms with Crippen molar-refractivity contribution in [2.45, 2.75) is 31.5 Å². The van der Waals surface area contributed by atoms with Crippen LogP contribution in [0.5, 0.6) is 5.75 Å². The maximum absolute atomic E-state index is 12.7. The molecule has 2 aliphatic heterocycles. The van der Waals surface area contributed by atoms with E-state index in [-0.39, 0.29) is 23.7 Å². The van der Waals surface area contributed by atoms with E-state index in [4.69, 9.17) is 14.2 Å². The van der Waals surface area contributed by atoms with Crippen LogP contribution in [0.3, 0.4) is 0 Å². The summed E-state index contributed by atoms with van der Waals surface area (Å²) in [5.41, 5.74) is 1.06. The first-order chi connectivity index (χ1) is 13.6. The second-order valence-electron chi connectivity index (χ2n) is 7.73. The molecule has 2 heterocycles. The summed E-state index contributed by atoms with van der Waals surface area (Å²) in [4.78, 5) is 27.0. The fourth-order valence-corrected chi connectivity index (χ4v) is 4.21. The first kappa shape index (κ1) is 19.2. The molecule has 1 aromatic rings. The highest BCUT2D eigenvalue weighted by Crippen LogP contribution is 2.41. The van der Waals surface area contributed by atoms with Crippen molar-refractivity contribution in [1.29, 1.82) is 0 Å². The fourth-order valence-electron chi connectivity index (χ4n) is 4.21. The van der Waals surface area contributed by atoms with Crippen molar-refractivity contribution in [2.24, 2.45) is 11.8 Å². The Morgan fingerprint density at radius 1 is 1.18 bits per heavy atom. The first-order valence-electron chi connectivity index (χ1n) is 10.1. The minimum Gasteiger partial charge on any atom is -0.496 e. The Labute approximate surface area is 165 Å². The molecule has 1 spiro atoms. The van der Waals surface area contributed by atoms with Gasteiger partial charge >= 0.3 is 0 Å². The predicted octanol–water partition coefficient (Wildman–Crippen LogP) is 1.36. The summed E-state index contributed by atoms with van der Waals surface area (Å²) in [6.45, 7) is 3.08. The van der Waals surface area contributed by atoms with Crippen LogP contribution in [0.4, 0.5) is 0 Å². The van der Waals surface area contributed by atoms with Gasteiger partial charge in [-0.15, -0.1) is 0 Å². The number of carbonyl (C=O) groups excluding carboxylic acids is 2. The second kappa shape index (κ2) is 8.09. The number of amides is 2. The number of para-hydroxylation sites is 1. The maximum atomic E-state index is 12.7. The lowest BCUT2D eigenvalue weighted by molar-refractivity contribution is -0.187. The Morgan fingerprint density at radius 3 is 2.61 bits per heavy atom. The summed E-state index contributed by atoms with van der Waals surface area (Å²) in [6.07, 6.45) is 2.77. The van der Waals surface area contributed by atoms with Crippen molar-refractivity contribution in [3.63, 3.8) is 0 Å². The molecule has 3 fully saturated rings. The highest BCUT2D eigenvalue weighted by molar-refractivity contribution is 5.92. The fraction of sp³-hybridized carbons (Fsp3) is 0.619. The minimum atomic E-state index is -0.477. The Kier molecular flexibility index (Phi) is 5.55. The van der Waals surface area contributed by atoms with Crippen LogP contribution in [-0.2, 0) is 25.5 Å². The molecule has 3 aliphatic rings. The summed E-state index contributed by atoms with van der Waals surface area (Å²) in [7, 11) is 1.64. The molecule has 1 aromatic carbocycles. The van der Waals surface area contributed by atoms with E-state index in [9.17, 15) is 9.59 Å². The summed E-state index contributed by atoms with van der Waals surface area (Å²) < 4.78 is 16.8. The van der Waals surface area contributed by atoms with Crippen LogP contribution in [0.1, 0.15) is 24.8 Å². The number of hydrogen-bond acceptors (Lipinski definition) is 5. The number of piperidine rings is 1. The van der Waals surface area contributed by atoms with Gasteiger partial charge in [0.2, 0.25) is 11.8 Å². The highest BCUT2D eigenvalue weighted by atomic mass is 16.7. The quantitative estimate of drug-likeness (QED) is 0.796. The lowest BCUT2D eigenvalue weighted by Crippen LogP contribution is -2.48. The summed E-state index contributed by atoms with van der Waals surface area (Å²) >= 11 is 0. The Balaban J connectivity index is 1.20. The van der Waals surface area contributed by atoms with E-state index in [0.717, 1.165) is 11.3 Å². The SMILES string of the molecule is COc1ccccc1CCNC(=O)C1CC1C(=O)N1CCC2(CC1)OCCO2. The van der Waals surface area contributed by atoms with Gasteiger partial charge in [0.15, 0.2) is 5.79 Å². The molecule has 7 nitrogen and oxygen atoms in total. The predicted molar refractivity (Wildman–Crippen MR) is 102 cm³/mol. The number of nitrogens with zero attached hydrogens (tertiary/aromatic N) is 1. The van der Waals surface area contributed by atoms with E-state index in [1.807, 2.05) is 29.2 Å². The third-order valence-electron chi connectivity index (χ3n) is 5.98. The van der Waals surface area contributed by atoms with Gasteiger partial charge in [0.1, 0.15) is 5.75 Å². The lowest BCUT2D eigenvalue weighted by atomic mass is 10.0. The lowest BCUT2D eigenvalue weighted by Gasteiger charge is -2.37. The standard InChI is InChI=1S/C21H28N2O5/c1-26-18-5-3-2-4-15(18)6-9-22-19(24)16-14-17(16)20(25)23-10-7-21(8-11-23)27-12-13-28-21/h2-5,16-17H,6-14H2,1H3,(H,22,24). The third-order valence-corrected chi connectivity index (χ3v) is 5.98. The van der Waals surface area contributed by atoms with Crippen LogP contribution in [-0.4, -0.2) is 62.5 Å². The van der Waals surface area contributed by atoms with Gasteiger partial charge in [-0.1, -0.05) is 18.2 Å². The number of rotatable bonds is 6. The second-order valence-corrected chi connectivity index (χ2v) is 7.73. The molecule has 28 heavy (non-hydrogen) atoms. The van der Waals surface area contributed by atoms with Crippen molar-refractivity contribution in [2.75, 3.05) is 40.0 Å². The molecule has 7 heteroatoms. The van der Waals surface area contributed by atoms with Crippen LogP contribution in [0.15, 0.2) is 24.3 Å². The van der Waals surface area contributed by atoms with Gasteiger partial charge < -0.3 is 24.4 Å². The Hall–Kier alpha value is -2.12. The van der Waals surface area contributed by atoms with Gasteiger partial charge in [-0.2, -0.15) is 0 Å². The number of methoxy groups -OCH3 is 1. The van der Waals surface area contributed by atoms with E-state index in [1.54, 1.807) is 7.11 Å². The van der Waals surface area contributed by atoms with Gasteiger partial charge in [-0.25, -0.2) is 0 Å². The molecular weight excluding hydrogens is 360 g/mol. The smallest absolute Gasteiger partial charge is 0.226 e. The van der Waals surface area contributed by atoms with Crippen molar-refractivity contribution < 1.29 is 23.8 Å². The van der Waals surface area contributed by atoms with Crippen molar-refractivity contribution in [3.8, 4) is 5.75 Å². The van der Waals surface area contributed by atoms with E-state index in [0.29, 0.717) is 58.5 Å². The number of benzene rings is 1. The van der Waals surface area contributed by atoms with Crippen LogP contribution >= 0.6 is 0 Å². The van der Waals surface area contributed by atoms with Gasteiger partial charge in [-0.05, 0) is 24.5 Å². The van der Waals surface area contributed by atoms with Gasteiger partial charge in [-0.3, -0.25) is 9.59 Å². The van der Waals surface area contributed by atoms with Gasteiger partial charge in [0.05, 0.1) is 32.2 Å². The molecule has 0 bridgehead atoms. The van der Waals surface area contributed by atoms with E-state index in [2.05, 4.69) is 5.32 Å². The van der Waals surface area contributed by atoms with Crippen LogP contribution in [0, 0.1) is 11.8 Å². The largest absolute Gasteiger partial charge is 0.496 e. The van der Waals surface area contributed by atoms with E-state index >= 15 is 0 Å². The third kappa shape index (κ3) is 4.00. The minimum absolute atomic E-state index is 0.0239. The molecule has 2 amide bonds. The molecule has 4 rings (SSSR count). The van der Waals surface area contributed by atoms with Crippen LogP contribution in [0.25, 0.3) is 0 Å². The molecule has 0 aromatic heterocycles. The molecule has 152 valence electrons. The molecule has 2 unspecified atom stereocenters. The zero-order valence-electron chi connectivity index (χ0n) is 16.3. The topological polar surface area (TPSA) is 77.1 Å². The molecular formula is C21H28N2O5. The number of hydrogen-bond donors (Lipinski definition) is 1. The Morgan fingerprint density at radius 2 is 1.89 bits per heavy atom. The molecule has 0 radical (unpaired) electrons. The molecule has 2 atom stereocenters. The van der Waals surface area contributed by atoms with Crippen LogP contribution in [0.2, 0.25) is 0 Å². The molecule has 1 aliphatic carbocycles. The Bertz CT molecular complexity index is 721. The van der Waals surface area contributed by atoms with Crippen molar-refractivity contribution in [3.05, 3.63) is 29.8 Å². The maximum Gasteiger partial charge on any atom is 0.226 e. The average Bonchev–Trinajstić information content (AvgIpc) is 3.41. The van der Waals surface area contributed by atoms with E-state index < -0.39 is 5.79 Å². The average molecular weight is 388 g/mol. The molecule has 1 N–H and O–H groups in total. The summed E-state index contributed by atoms with van der Waals surface area (Å²) in [5, 5.41) is 2.97. The number of carbonyl (C=O) groups is 2. The van der Waals surface area contributed by atoms with Crippen LogP contribution < -0.4 is 10.1 Å². The summed E-state index contributed by atoms with van der Waals surface area (Å²) in [6, 6.07) is 7.79. The van der Waals surface area contributed by atoms with Gasteiger partial charge in [0, 0.05) is 32.5 Å². The number of likely N-dealkylation sites (tertiary alicyclic amines) is 1. The zero-order chi connectivity index (χ0) is 19.6. The number of ether oxygens (including phenoxy) is 3. The normalized spacial score (nSPS) is 25.5. The first-order valence-corrected chi connectivity index (χ1v) is 10.1. The van der Waals surface area contributed by atoms with Crippen molar-refractivity contribution >= 4 is 11.8 Å². The summed E-state index contributed by atoms with van der Waals surface area (Å²) in [5.74, 6) is 0.0530. The monoisotopic (exact) mass is 388 g/mol. The number of nitrogens with one attached hydrogen (secondary N) is 1. The molecule has 1 saturated carbocycles. The van der Waals surface area contributed by atoms with Crippen molar-refractivity contribution in [1.82, 2.24) is 10.2 Å². The highest BCUT2D eigenvalue weighted by Gasteiger charge is 2.51. The van der Waals surface area contributed by atoms with E-state index in [1.165, 1.54) is 0 Å². The van der Waals surface area contributed by atoms with Gasteiger partial charge in [0.25, 0.3) is 0 Å².